The molecule has 0 aromatic heterocycles. The van der Waals surface area contributed by atoms with Gasteiger partial charge in [0, 0.05) is 13.0 Å². The first-order chi connectivity index (χ1) is 14.5. The van der Waals surface area contributed by atoms with Gasteiger partial charge in [0.25, 0.3) is 5.91 Å². The van der Waals surface area contributed by atoms with Crippen LogP contribution in [0.3, 0.4) is 0 Å². The van der Waals surface area contributed by atoms with Crippen LogP contribution >= 0.6 is 0 Å². The molecule has 2 aromatic carbocycles. The van der Waals surface area contributed by atoms with E-state index in [9.17, 15) is 14.4 Å². The lowest BCUT2D eigenvalue weighted by atomic mass is 10.1. The van der Waals surface area contributed by atoms with Crippen molar-refractivity contribution in [2.24, 2.45) is 0 Å². The van der Waals surface area contributed by atoms with Crippen LogP contribution in [0, 0.1) is 0 Å². The third-order valence-corrected chi connectivity index (χ3v) is 5.17. The van der Waals surface area contributed by atoms with Gasteiger partial charge in [-0.25, -0.2) is 4.90 Å². The Kier molecular flexibility index (Phi) is 7.22. The molecule has 158 valence electrons. The van der Waals surface area contributed by atoms with Crippen LogP contribution in [0.15, 0.2) is 54.6 Å². The van der Waals surface area contributed by atoms with Crippen LogP contribution in [-0.4, -0.2) is 41.8 Å². The fourth-order valence-corrected chi connectivity index (χ4v) is 3.59. The first-order valence-corrected chi connectivity index (χ1v) is 10.5. The number of hydrogen-bond acceptors (Lipinski definition) is 4. The van der Waals surface area contributed by atoms with Gasteiger partial charge in [0.1, 0.15) is 11.8 Å². The number of anilines is 1. The summed E-state index contributed by atoms with van der Waals surface area (Å²) in [5, 5.41) is 0. The monoisotopic (exact) mass is 408 g/mol. The molecule has 1 saturated heterocycles. The molecule has 30 heavy (non-hydrogen) atoms. The number of carbonyl (C=O) groups is 3. The second-order valence-electron chi connectivity index (χ2n) is 7.31. The van der Waals surface area contributed by atoms with Gasteiger partial charge in [-0.3, -0.25) is 14.4 Å². The predicted octanol–water partition coefficient (Wildman–Crippen LogP) is 3.59. The van der Waals surface area contributed by atoms with Gasteiger partial charge >= 0.3 is 0 Å². The van der Waals surface area contributed by atoms with E-state index in [-0.39, 0.29) is 30.6 Å². The maximum atomic E-state index is 13.1. The summed E-state index contributed by atoms with van der Waals surface area (Å²) in [6.45, 7) is 4.81. The molecular weight excluding hydrogens is 380 g/mol. The predicted molar refractivity (Wildman–Crippen MR) is 115 cm³/mol. The Bertz CT molecular complexity index is 880. The number of benzene rings is 2. The minimum absolute atomic E-state index is 0.00739. The quantitative estimate of drug-likeness (QED) is 0.595. The molecule has 0 spiro atoms. The Hall–Kier alpha value is -3.15. The fourth-order valence-electron chi connectivity index (χ4n) is 3.59. The van der Waals surface area contributed by atoms with Crippen LogP contribution in [0.1, 0.15) is 38.7 Å². The molecule has 6 nitrogen and oxygen atoms in total. The molecular formula is C24H28N2O4. The van der Waals surface area contributed by atoms with Gasteiger partial charge in [-0.05, 0) is 42.7 Å². The van der Waals surface area contributed by atoms with Crippen LogP contribution in [-0.2, 0) is 20.8 Å². The lowest BCUT2D eigenvalue weighted by molar-refractivity contribution is -0.138. The molecule has 1 fully saturated rings. The average Bonchev–Trinajstić information content (AvgIpc) is 3.07. The van der Waals surface area contributed by atoms with Crippen molar-refractivity contribution >= 4 is 23.4 Å². The van der Waals surface area contributed by atoms with Crippen LogP contribution in [0.2, 0.25) is 0 Å². The van der Waals surface area contributed by atoms with E-state index in [2.05, 4.69) is 0 Å². The highest BCUT2D eigenvalue weighted by atomic mass is 16.5. The SMILES string of the molecule is CCCOc1ccc(N2C(=O)CC(N(CCc3ccccc3)C(=O)CC)C2=O)cc1. The summed E-state index contributed by atoms with van der Waals surface area (Å²) in [5.74, 6) is -0.0675. The van der Waals surface area contributed by atoms with Crippen molar-refractivity contribution in [3.63, 3.8) is 0 Å². The topological polar surface area (TPSA) is 66.9 Å². The Balaban J connectivity index is 1.75. The lowest BCUT2D eigenvalue weighted by Gasteiger charge is -2.27. The molecule has 2 aromatic rings. The highest BCUT2D eigenvalue weighted by molar-refractivity contribution is 6.23. The zero-order valence-corrected chi connectivity index (χ0v) is 17.5. The van der Waals surface area contributed by atoms with Gasteiger partial charge < -0.3 is 9.64 Å². The summed E-state index contributed by atoms with van der Waals surface area (Å²) < 4.78 is 5.56. The van der Waals surface area contributed by atoms with Crippen molar-refractivity contribution in [1.82, 2.24) is 4.90 Å². The molecule has 1 aliphatic rings. The number of hydrogen-bond donors (Lipinski definition) is 0. The molecule has 3 amide bonds. The maximum Gasteiger partial charge on any atom is 0.257 e. The van der Waals surface area contributed by atoms with Gasteiger partial charge in [0.15, 0.2) is 0 Å². The number of nitrogens with zero attached hydrogens (tertiary/aromatic N) is 2. The van der Waals surface area contributed by atoms with Crippen molar-refractivity contribution in [3.05, 3.63) is 60.2 Å². The van der Waals surface area contributed by atoms with Gasteiger partial charge in [-0.15, -0.1) is 0 Å². The summed E-state index contributed by atoms with van der Waals surface area (Å²) in [5.41, 5.74) is 1.59. The van der Waals surface area contributed by atoms with Crippen molar-refractivity contribution in [2.45, 2.75) is 45.6 Å². The summed E-state index contributed by atoms with van der Waals surface area (Å²) in [6.07, 6.45) is 1.83. The second-order valence-corrected chi connectivity index (χ2v) is 7.31. The minimum atomic E-state index is -0.760. The third kappa shape index (κ3) is 4.87. The van der Waals surface area contributed by atoms with Gasteiger partial charge in [0.2, 0.25) is 11.8 Å². The first kappa shape index (κ1) is 21.6. The molecule has 0 bridgehead atoms. The lowest BCUT2D eigenvalue weighted by Crippen LogP contribution is -2.46. The summed E-state index contributed by atoms with van der Waals surface area (Å²) in [6, 6.07) is 16.0. The van der Waals surface area contributed by atoms with Gasteiger partial charge in [-0.2, -0.15) is 0 Å². The van der Waals surface area contributed by atoms with Crippen LogP contribution in [0.5, 0.6) is 5.75 Å². The number of rotatable bonds is 9. The Labute approximate surface area is 177 Å². The molecule has 1 aliphatic heterocycles. The Morgan fingerprint density at radius 3 is 2.40 bits per heavy atom. The highest BCUT2D eigenvalue weighted by Crippen LogP contribution is 2.28. The molecule has 6 heteroatoms. The minimum Gasteiger partial charge on any atom is -0.494 e. The smallest absolute Gasteiger partial charge is 0.257 e. The average molecular weight is 408 g/mol. The zero-order valence-electron chi connectivity index (χ0n) is 17.5. The largest absolute Gasteiger partial charge is 0.494 e. The van der Waals surface area contributed by atoms with E-state index in [0.717, 1.165) is 12.0 Å². The van der Waals surface area contributed by atoms with Crippen molar-refractivity contribution in [2.75, 3.05) is 18.1 Å². The standard InChI is InChI=1S/C24H28N2O4/c1-3-16-30-20-12-10-19(11-13-20)26-23(28)17-21(24(26)29)25(22(27)4-2)15-14-18-8-6-5-7-9-18/h5-13,21H,3-4,14-17H2,1-2H3. The summed E-state index contributed by atoms with van der Waals surface area (Å²) in [4.78, 5) is 41.1. The van der Waals surface area contributed by atoms with E-state index in [1.807, 2.05) is 37.3 Å². The molecule has 0 aliphatic carbocycles. The van der Waals surface area contributed by atoms with Crippen molar-refractivity contribution < 1.29 is 19.1 Å². The molecule has 1 unspecified atom stereocenters. The van der Waals surface area contributed by atoms with E-state index >= 15 is 0 Å². The zero-order chi connectivity index (χ0) is 21.5. The number of ether oxygens (including phenoxy) is 1. The van der Waals surface area contributed by atoms with E-state index in [1.54, 1.807) is 36.1 Å². The maximum absolute atomic E-state index is 13.1. The number of amides is 3. The van der Waals surface area contributed by atoms with E-state index in [1.165, 1.54) is 4.90 Å². The fraction of sp³-hybridized carbons (Fsp3) is 0.375. The molecule has 0 radical (unpaired) electrons. The Morgan fingerprint density at radius 2 is 1.77 bits per heavy atom. The first-order valence-electron chi connectivity index (χ1n) is 10.5. The summed E-state index contributed by atoms with van der Waals surface area (Å²) in [7, 11) is 0. The second kappa shape index (κ2) is 10.1. The number of carbonyl (C=O) groups excluding carboxylic acids is 3. The number of imide groups is 1. The molecule has 3 rings (SSSR count). The van der Waals surface area contributed by atoms with E-state index in [4.69, 9.17) is 4.74 Å². The van der Waals surface area contributed by atoms with E-state index in [0.29, 0.717) is 31.0 Å². The van der Waals surface area contributed by atoms with Crippen molar-refractivity contribution in [3.8, 4) is 5.75 Å². The van der Waals surface area contributed by atoms with Crippen LogP contribution in [0.4, 0.5) is 5.69 Å². The molecule has 0 saturated carbocycles. The van der Waals surface area contributed by atoms with Crippen molar-refractivity contribution in [1.29, 1.82) is 0 Å². The molecule has 0 N–H and O–H groups in total. The highest BCUT2D eigenvalue weighted by Gasteiger charge is 2.43. The molecule has 1 atom stereocenters. The van der Waals surface area contributed by atoms with Gasteiger partial charge in [0.05, 0.1) is 18.7 Å². The Morgan fingerprint density at radius 1 is 1.07 bits per heavy atom. The third-order valence-electron chi connectivity index (χ3n) is 5.17. The van der Waals surface area contributed by atoms with Crippen LogP contribution < -0.4 is 9.64 Å². The molecule has 1 heterocycles. The van der Waals surface area contributed by atoms with E-state index < -0.39 is 6.04 Å². The normalized spacial score (nSPS) is 16.1. The van der Waals surface area contributed by atoms with Gasteiger partial charge in [-0.1, -0.05) is 44.2 Å². The van der Waals surface area contributed by atoms with Crippen LogP contribution in [0.25, 0.3) is 0 Å². The summed E-state index contributed by atoms with van der Waals surface area (Å²) >= 11 is 0.